The van der Waals surface area contributed by atoms with Crippen molar-refractivity contribution in [1.29, 1.82) is 0 Å². The first-order valence-electron chi connectivity index (χ1n) is 7.38. The Morgan fingerprint density at radius 3 is 2.56 bits per heavy atom. The Hall–Kier alpha value is -0.820. The minimum Gasteiger partial charge on any atom is -0.316 e. The van der Waals surface area contributed by atoms with Crippen molar-refractivity contribution in [3.8, 4) is 0 Å². The maximum atomic E-state index is 3.60. The molecule has 1 heteroatoms. The second-order valence-electron chi connectivity index (χ2n) is 5.90. The fraction of sp³-hybridized carbons (Fsp3) is 0.647. The van der Waals surface area contributed by atoms with E-state index in [4.69, 9.17) is 0 Å². The molecule has 0 aliphatic carbocycles. The van der Waals surface area contributed by atoms with Crippen LogP contribution in [0.4, 0.5) is 0 Å². The Morgan fingerprint density at radius 1 is 1.17 bits per heavy atom. The van der Waals surface area contributed by atoms with Gasteiger partial charge >= 0.3 is 0 Å². The van der Waals surface area contributed by atoms with Gasteiger partial charge in [0.15, 0.2) is 0 Å². The number of nitrogens with one attached hydrogen (secondary N) is 1. The first-order valence-corrected chi connectivity index (χ1v) is 7.38. The zero-order chi connectivity index (χ0) is 13.4. The van der Waals surface area contributed by atoms with Crippen molar-refractivity contribution in [2.75, 3.05) is 13.1 Å². The molecule has 1 atom stereocenters. The first kappa shape index (κ1) is 15.2. The van der Waals surface area contributed by atoms with Crippen LogP contribution in [0.5, 0.6) is 0 Å². The van der Waals surface area contributed by atoms with Crippen LogP contribution in [0.15, 0.2) is 24.3 Å². The van der Waals surface area contributed by atoms with E-state index < -0.39 is 0 Å². The third-order valence-electron chi connectivity index (χ3n) is 3.29. The van der Waals surface area contributed by atoms with Crippen LogP contribution in [0.1, 0.15) is 44.7 Å². The minimum absolute atomic E-state index is 0.742. The highest BCUT2D eigenvalue weighted by molar-refractivity contribution is 5.22. The second kappa shape index (κ2) is 8.31. The molecule has 1 N–H and O–H groups in total. The standard InChI is InChI=1S/C17H29N/c1-5-7-17(13-18-12-14(2)3)11-16-9-6-8-15(4)10-16/h6,8-10,14,17-18H,5,7,11-13H2,1-4H3. The number of benzene rings is 1. The van der Waals surface area contributed by atoms with E-state index in [0.717, 1.165) is 24.9 Å². The largest absolute Gasteiger partial charge is 0.316 e. The molecule has 1 nitrogen and oxygen atoms in total. The predicted octanol–water partition coefficient (Wildman–Crippen LogP) is 4.20. The number of rotatable bonds is 8. The molecule has 0 spiro atoms. The molecule has 0 fully saturated rings. The summed E-state index contributed by atoms with van der Waals surface area (Å²) in [6.07, 6.45) is 3.81. The average molecular weight is 247 g/mol. The van der Waals surface area contributed by atoms with E-state index in [9.17, 15) is 0 Å². The van der Waals surface area contributed by atoms with Gasteiger partial charge in [-0.25, -0.2) is 0 Å². The maximum Gasteiger partial charge on any atom is -0.00172 e. The molecule has 1 aromatic rings. The van der Waals surface area contributed by atoms with E-state index in [0.29, 0.717) is 0 Å². The molecule has 102 valence electrons. The number of aryl methyl sites for hydroxylation is 1. The summed E-state index contributed by atoms with van der Waals surface area (Å²) in [4.78, 5) is 0. The van der Waals surface area contributed by atoms with Gasteiger partial charge in [-0.15, -0.1) is 0 Å². The Balaban J connectivity index is 2.46. The van der Waals surface area contributed by atoms with Crippen molar-refractivity contribution in [3.05, 3.63) is 35.4 Å². The average Bonchev–Trinajstić information content (AvgIpc) is 2.28. The van der Waals surface area contributed by atoms with Gasteiger partial charge in [-0.1, -0.05) is 57.0 Å². The van der Waals surface area contributed by atoms with Crippen LogP contribution in [-0.4, -0.2) is 13.1 Å². The summed E-state index contributed by atoms with van der Waals surface area (Å²) in [5.74, 6) is 1.52. The lowest BCUT2D eigenvalue weighted by Crippen LogP contribution is -2.27. The first-order chi connectivity index (χ1) is 8.61. The zero-order valence-corrected chi connectivity index (χ0v) is 12.5. The lowest BCUT2D eigenvalue weighted by molar-refractivity contribution is 0.421. The lowest BCUT2D eigenvalue weighted by Gasteiger charge is -2.18. The van der Waals surface area contributed by atoms with E-state index in [1.807, 2.05) is 0 Å². The minimum atomic E-state index is 0.742. The zero-order valence-electron chi connectivity index (χ0n) is 12.5. The molecule has 0 aliphatic heterocycles. The quantitative estimate of drug-likeness (QED) is 0.726. The van der Waals surface area contributed by atoms with Crippen molar-refractivity contribution < 1.29 is 0 Å². The lowest BCUT2D eigenvalue weighted by atomic mass is 9.94. The van der Waals surface area contributed by atoms with E-state index in [2.05, 4.69) is 57.3 Å². The maximum absolute atomic E-state index is 3.60. The van der Waals surface area contributed by atoms with Crippen molar-refractivity contribution >= 4 is 0 Å². The molecule has 0 bridgehead atoms. The summed E-state index contributed by atoms with van der Waals surface area (Å²) in [6, 6.07) is 8.94. The van der Waals surface area contributed by atoms with E-state index >= 15 is 0 Å². The Kier molecular flexibility index (Phi) is 7.04. The monoisotopic (exact) mass is 247 g/mol. The molecule has 0 aliphatic rings. The molecule has 0 heterocycles. The highest BCUT2D eigenvalue weighted by Crippen LogP contribution is 2.15. The van der Waals surface area contributed by atoms with Crippen molar-refractivity contribution in [1.82, 2.24) is 5.32 Å². The summed E-state index contributed by atoms with van der Waals surface area (Å²) in [7, 11) is 0. The van der Waals surface area contributed by atoms with Gasteiger partial charge in [0.05, 0.1) is 0 Å². The van der Waals surface area contributed by atoms with Gasteiger partial charge in [0.2, 0.25) is 0 Å². The summed E-state index contributed by atoms with van der Waals surface area (Å²) < 4.78 is 0. The van der Waals surface area contributed by atoms with Crippen LogP contribution in [0, 0.1) is 18.8 Å². The van der Waals surface area contributed by atoms with Crippen molar-refractivity contribution in [2.45, 2.75) is 47.0 Å². The summed E-state index contributed by atoms with van der Waals surface area (Å²) in [5.41, 5.74) is 2.86. The molecule has 0 amide bonds. The Bertz CT molecular complexity index is 330. The third kappa shape index (κ3) is 6.20. The fourth-order valence-electron chi connectivity index (χ4n) is 2.43. The highest BCUT2D eigenvalue weighted by atomic mass is 14.9. The van der Waals surface area contributed by atoms with Gasteiger partial charge in [-0.2, -0.15) is 0 Å². The Labute approximate surface area is 113 Å². The molecule has 1 aromatic carbocycles. The molecule has 0 saturated carbocycles. The van der Waals surface area contributed by atoms with Gasteiger partial charge < -0.3 is 5.32 Å². The number of hydrogen-bond acceptors (Lipinski definition) is 1. The van der Waals surface area contributed by atoms with Crippen LogP contribution in [0.2, 0.25) is 0 Å². The van der Waals surface area contributed by atoms with Crippen LogP contribution < -0.4 is 5.32 Å². The van der Waals surface area contributed by atoms with Crippen LogP contribution in [0.25, 0.3) is 0 Å². The van der Waals surface area contributed by atoms with E-state index in [1.165, 1.54) is 30.4 Å². The Morgan fingerprint density at radius 2 is 1.94 bits per heavy atom. The van der Waals surface area contributed by atoms with Crippen LogP contribution in [0.3, 0.4) is 0 Å². The number of hydrogen-bond donors (Lipinski definition) is 1. The van der Waals surface area contributed by atoms with Gasteiger partial charge in [0, 0.05) is 0 Å². The van der Waals surface area contributed by atoms with Crippen LogP contribution >= 0.6 is 0 Å². The van der Waals surface area contributed by atoms with E-state index in [1.54, 1.807) is 0 Å². The highest BCUT2D eigenvalue weighted by Gasteiger charge is 2.09. The molecule has 0 aromatic heterocycles. The summed E-state index contributed by atoms with van der Waals surface area (Å²) in [6.45, 7) is 11.3. The topological polar surface area (TPSA) is 12.0 Å². The molecule has 18 heavy (non-hydrogen) atoms. The smallest absolute Gasteiger partial charge is 0.00172 e. The van der Waals surface area contributed by atoms with Crippen molar-refractivity contribution in [2.24, 2.45) is 11.8 Å². The van der Waals surface area contributed by atoms with Crippen LogP contribution in [-0.2, 0) is 6.42 Å². The molecule has 0 radical (unpaired) electrons. The van der Waals surface area contributed by atoms with Gasteiger partial charge in [0.25, 0.3) is 0 Å². The molecular weight excluding hydrogens is 218 g/mol. The molecule has 1 unspecified atom stereocenters. The molecule has 0 saturated heterocycles. The summed E-state index contributed by atoms with van der Waals surface area (Å²) in [5, 5.41) is 3.60. The van der Waals surface area contributed by atoms with Crippen molar-refractivity contribution in [3.63, 3.8) is 0 Å². The normalized spacial score (nSPS) is 12.9. The van der Waals surface area contributed by atoms with E-state index in [-0.39, 0.29) is 0 Å². The molecule has 1 rings (SSSR count). The predicted molar refractivity (Wildman–Crippen MR) is 81.0 cm³/mol. The fourth-order valence-corrected chi connectivity index (χ4v) is 2.43. The molecular formula is C17H29N. The van der Waals surface area contributed by atoms with Gasteiger partial charge in [-0.3, -0.25) is 0 Å². The SMILES string of the molecule is CCCC(CNCC(C)C)Cc1cccc(C)c1. The van der Waals surface area contributed by atoms with Gasteiger partial charge in [-0.05, 0) is 50.3 Å². The summed E-state index contributed by atoms with van der Waals surface area (Å²) >= 11 is 0. The third-order valence-corrected chi connectivity index (χ3v) is 3.29. The second-order valence-corrected chi connectivity index (χ2v) is 5.90. The van der Waals surface area contributed by atoms with Gasteiger partial charge in [0.1, 0.15) is 0 Å².